The number of fused-ring (bicyclic) bond motifs is 1. The predicted molar refractivity (Wildman–Crippen MR) is 131 cm³/mol. The molecule has 4 amide bonds. The Bertz CT molecular complexity index is 1320. The van der Waals surface area contributed by atoms with E-state index < -0.39 is 18.0 Å². The number of piperidine rings is 1. The van der Waals surface area contributed by atoms with Crippen LogP contribution in [0.4, 0.5) is 4.79 Å². The molecule has 1 atom stereocenters. The lowest BCUT2D eigenvalue weighted by Gasteiger charge is -2.29. The van der Waals surface area contributed by atoms with Gasteiger partial charge in [0.25, 0.3) is 5.91 Å². The molecule has 0 saturated carbocycles. The Morgan fingerprint density at radius 3 is 2.42 bits per heavy atom. The third kappa shape index (κ3) is 4.98. The van der Waals surface area contributed by atoms with Crippen LogP contribution >= 0.6 is 0 Å². The average Bonchev–Trinajstić information content (AvgIpc) is 3.22. The molecule has 0 spiro atoms. The maximum atomic E-state index is 12.9. The minimum atomic E-state index is -0.652. The van der Waals surface area contributed by atoms with Crippen LogP contribution in [0.5, 0.6) is 0 Å². The highest BCUT2D eigenvalue weighted by Gasteiger charge is 2.39. The molecule has 2 heterocycles. The lowest BCUT2D eigenvalue weighted by atomic mass is 10.0. The Hall–Kier alpha value is -4.46. The molecule has 5 rings (SSSR count). The summed E-state index contributed by atoms with van der Waals surface area (Å²) >= 11 is 0. The van der Waals surface area contributed by atoms with Gasteiger partial charge in [0.1, 0.15) is 12.6 Å². The number of alkyl carbamates (subject to hydrolysis) is 1. The Labute approximate surface area is 208 Å². The van der Waals surface area contributed by atoms with Gasteiger partial charge in [0.05, 0.1) is 0 Å². The SMILES string of the molecule is O=C1CCC(N2Cc3ccc(CNC(=O)OCc4ccc(-c5ccccc5)cc4)cc3C2=O)C(=O)N1. The maximum absolute atomic E-state index is 12.9. The van der Waals surface area contributed by atoms with E-state index in [1.165, 1.54) is 4.90 Å². The molecule has 8 nitrogen and oxygen atoms in total. The van der Waals surface area contributed by atoms with Gasteiger partial charge in [-0.25, -0.2) is 4.79 Å². The number of nitrogens with one attached hydrogen (secondary N) is 2. The largest absolute Gasteiger partial charge is 0.445 e. The number of ether oxygens (including phenoxy) is 1. The third-order valence-corrected chi connectivity index (χ3v) is 6.46. The number of amides is 4. The lowest BCUT2D eigenvalue weighted by Crippen LogP contribution is -2.52. The Morgan fingerprint density at radius 1 is 0.944 bits per heavy atom. The van der Waals surface area contributed by atoms with E-state index in [9.17, 15) is 19.2 Å². The normalized spacial score (nSPS) is 16.9. The van der Waals surface area contributed by atoms with E-state index in [-0.39, 0.29) is 31.4 Å². The highest BCUT2D eigenvalue weighted by atomic mass is 16.5. The average molecular weight is 484 g/mol. The van der Waals surface area contributed by atoms with Gasteiger partial charge in [0.2, 0.25) is 11.8 Å². The zero-order valence-corrected chi connectivity index (χ0v) is 19.5. The molecule has 3 aromatic carbocycles. The number of hydrogen-bond donors (Lipinski definition) is 2. The first-order valence-electron chi connectivity index (χ1n) is 11.8. The third-order valence-electron chi connectivity index (χ3n) is 6.46. The first-order valence-corrected chi connectivity index (χ1v) is 11.8. The van der Waals surface area contributed by atoms with E-state index in [4.69, 9.17) is 4.74 Å². The van der Waals surface area contributed by atoms with Crippen molar-refractivity contribution in [3.63, 3.8) is 0 Å². The van der Waals surface area contributed by atoms with Gasteiger partial charge in [-0.1, -0.05) is 66.7 Å². The summed E-state index contributed by atoms with van der Waals surface area (Å²) in [5.41, 5.74) is 5.15. The van der Waals surface area contributed by atoms with Crippen LogP contribution in [0.25, 0.3) is 11.1 Å². The number of carbonyl (C=O) groups excluding carboxylic acids is 4. The summed E-state index contributed by atoms with van der Waals surface area (Å²) in [4.78, 5) is 50.3. The molecule has 1 unspecified atom stereocenters. The first kappa shape index (κ1) is 23.3. The molecule has 8 heteroatoms. The molecule has 2 aliphatic rings. The second-order valence-electron chi connectivity index (χ2n) is 8.88. The van der Waals surface area contributed by atoms with E-state index in [1.54, 1.807) is 6.07 Å². The van der Waals surface area contributed by atoms with Crippen molar-refractivity contribution in [3.8, 4) is 11.1 Å². The van der Waals surface area contributed by atoms with Gasteiger partial charge in [-0.15, -0.1) is 0 Å². The molecule has 0 aromatic heterocycles. The lowest BCUT2D eigenvalue weighted by molar-refractivity contribution is -0.136. The molecule has 2 aliphatic heterocycles. The zero-order valence-electron chi connectivity index (χ0n) is 19.5. The molecule has 2 N–H and O–H groups in total. The van der Waals surface area contributed by atoms with Crippen LogP contribution in [-0.2, 0) is 34.0 Å². The van der Waals surface area contributed by atoms with E-state index in [0.29, 0.717) is 18.5 Å². The number of hydrogen-bond acceptors (Lipinski definition) is 5. The van der Waals surface area contributed by atoms with E-state index >= 15 is 0 Å². The topological polar surface area (TPSA) is 105 Å². The van der Waals surface area contributed by atoms with Crippen LogP contribution in [0.2, 0.25) is 0 Å². The van der Waals surface area contributed by atoms with Crippen molar-refractivity contribution in [2.24, 2.45) is 0 Å². The molecular weight excluding hydrogens is 458 g/mol. The monoisotopic (exact) mass is 483 g/mol. The summed E-state index contributed by atoms with van der Waals surface area (Å²) < 4.78 is 5.33. The molecular formula is C28H25N3O5. The van der Waals surface area contributed by atoms with Gasteiger partial charge in [-0.3, -0.25) is 19.7 Å². The minimum Gasteiger partial charge on any atom is -0.445 e. The number of rotatable bonds is 6. The number of nitrogens with zero attached hydrogens (tertiary/aromatic N) is 1. The minimum absolute atomic E-state index is 0.143. The summed E-state index contributed by atoms with van der Waals surface area (Å²) in [7, 11) is 0. The number of benzene rings is 3. The second-order valence-corrected chi connectivity index (χ2v) is 8.88. The standard InChI is InChI=1S/C28H25N3O5/c32-25-13-12-24(26(33)30-25)31-16-22-11-8-19(14-23(22)27(31)34)15-29-28(35)36-17-18-6-9-21(10-7-18)20-4-2-1-3-5-20/h1-11,14,24H,12-13,15-17H2,(H,29,35)(H,30,32,33). The van der Waals surface area contributed by atoms with Crippen molar-refractivity contribution < 1.29 is 23.9 Å². The number of imide groups is 1. The van der Waals surface area contributed by atoms with E-state index in [0.717, 1.165) is 27.8 Å². The van der Waals surface area contributed by atoms with Crippen molar-refractivity contribution in [3.05, 3.63) is 95.1 Å². The fourth-order valence-electron chi connectivity index (χ4n) is 4.51. The fourth-order valence-corrected chi connectivity index (χ4v) is 4.51. The quantitative estimate of drug-likeness (QED) is 0.522. The highest BCUT2D eigenvalue weighted by Crippen LogP contribution is 2.28. The number of carbonyl (C=O) groups is 4. The Kier molecular flexibility index (Phi) is 6.49. The van der Waals surface area contributed by atoms with Crippen molar-refractivity contribution in [1.82, 2.24) is 15.5 Å². The fraction of sp³-hybridized carbons (Fsp3) is 0.214. The van der Waals surface area contributed by atoms with Crippen molar-refractivity contribution in [2.45, 2.75) is 38.6 Å². The summed E-state index contributed by atoms with van der Waals surface area (Å²) in [6, 6.07) is 22.6. The molecule has 36 heavy (non-hydrogen) atoms. The van der Waals surface area contributed by atoms with Crippen LogP contribution < -0.4 is 10.6 Å². The van der Waals surface area contributed by atoms with Crippen LogP contribution in [-0.4, -0.2) is 34.8 Å². The zero-order chi connectivity index (χ0) is 25.1. The Balaban J connectivity index is 1.13. The molecule has 1 saturated heterocycles. The molecule has 0 aliphatic carbocycles. The summed E-state index contributed by atoms with van der Waals surface area (Å²) in [6.07, 6.45) is -0.0240. The molecule has 1 fully saturated rings. The summed E-state index contributed by atoms with van der Waals surface area (Å²) in [5, 5.41) is 5.01. The van der Waals surface area contributed by atoms with Crippen LogP contribution in [0.15, 0.2) is 72.8 Å². The van der Waals surface area contributed by atoms with E-state index in [1.807, 2.05) is 66.7 Å². The Morgan fingerprint density at radius 2 is 1.67 bits per heavy atom. The molecule has 3 aromatic rings. The van der Waals surface area contributed by atoms with Crippen LogP contribution in [0.1, 0.15) is 39.9 Å². The van der Waals surface area contributed by atoms with Crippen molar-refractivity contribution in [1.29, 1.82) is 0 Å². The predicted octanol–water partition coefficient (Wildman–Crippen LogP) is 3.54. The van der Waals surface area contributed by atoms with Gasteiger partial charge in [-0.2, -0.15) is 0 Å². The molecule has 0 bridgehead atoms. The van der Waals surface area contributed by atoms with Gasteiger partial charge in [0, 0.05) is 25.1 Å². The van der Waals surface area contributed by atoms with Gasteiger partial charge >= 0.3 is 6.09 Å². The first-order chi connectivity index (χ1) is 17.5. The smallest absolute Gasteiger partial charge is 0.407 e. The highest BCUT2D eigenvalue weighted by molar-refractivity contribution is 6.05. The van der Waals surface area contributed by atoms with Crippen LogP contribution in [0.3, 0.4) is 0 Å². The summed E-state index contributed by atoms with van der Waals surface area (Å²) in [5.74, 6) is -1.00. The molecule has 0 radical (unpaired) electrons. The second kappa shape index (κ2) is 10.0. The van der Waals surface area contributed by atoms with Gasteiger partial charge < -0.3 is 15.0 Å². The molecule has 182 valence electrons. The summed E-state index contributed by atoms with van der Waals surface area (Å²) in [6.45, 7) is 0.661. The van der Waals surface area contributed by atoms with E-state index in [2.05, 4.69) is 10.6 Å². The van der Waals surface area contributed by atoms with Gasteiger partial charge in [-0.05, 0) is 40.3 Å². The van der Waals surface area contributed by atoms with Crippen molar-refractivity contribution in [2.75, 3.05) is 0 Å². The van der Waals surface area contributed by atoms with Crippen LogP contribution in [0, 0.1) is 0 Å². The van der Waals surface area contributed by atoms with Crippen molar-refractivity contribution >= 4 is 23.8 Å². The van der Waals surface area contributed by atoms with Gasteiger partial charge in [0.15, 0.2) is 0 Å². The maximum Gasteiger partial charge on any atom is 0.407 e.